The number of para-hydroxylation sites is 1. The standard InChI is InChI=1S/C67H43NOS/c1-3-17-48(18-4-1)67(49-19-5-2-6-20-49)60-28-10-7-22-55(60)59-43-47(36-41-61(59)67)46-16-13-21-52(42-46)68(50-37-32-44(33-38-50)53-25-15-30-63-65(53)58-24-8-11-29-62(58)69-63)51-39-34-45(35-40-51)54-26-14-27-57-56-23-9-12-31-64(56)70-66(54)57/h1-43H. The molecule has 328 valence electrons. The number of rotatable bonds is 8. The van der Waals surface area contributed by atoms with E-state index in [1.54, 1.807) is 0 Å². The van der Waals surface area contributed by atoms with Crippen molar-refractivity contribution in [2.45, 2.75) is 5.41 Å². The van der Waals surface area contributed by atoms with Crippen LogP contribution in [0.1, 0.15) is 22.3 Å². The lowest BCUT2D eigenvalue weighted by Crippen LogP contribution is -2.28. The van der Waals surface area contributed by atoms with Gasteiger partial charge >= 0.3 is 0 Å². The molecule has 13 aromatic rings. The van der Waals surface area contributed by atoms with Gasteiger partial charge in [0.1, 0.15) is 11.2 Å². The van der Waals surface area contributed by atoms with Gasteiger partial charge in [0.15, 0.2) is 0 Å². The van der Waals surface area contributed by atoms with E-state index in [0.29, 0.717) is 0 Å². The van der Waals surface area contributed by atoms with Crippen LogP contribution in [0, 0.1) is 0 Å². The number of thiophene rings is 1. The van der Waals surface area contributed by atoms with E-state index in [-0.39, 0.29) is 0 Å². The largest absolute Gasteiger partial charge is 0.456 e. The maximum Gasteiger partial charge on any atom is 0.136 e. The summed E-state index contributed by atoms with van der Waals surface area (Å²) in [5.41, 5.74) is 19.4. The lowest BCUT2D eigenvalue weighted by molar-refractivity contribution is 0.669. The zero-order valence-electron chi connectivity index (χ0n) is 38.1. The van der Waals surface area contributed by atoms with Crippen LogP contribution in [0.3, 0.4) is 0 Å². The van der Waals surface area contributed by atoms with Crippen LogP contribution in [0.25, 0.3) is 86.6 Å². The molecule has 3 heteroatoms. The topological polar surface area (TPSA) is 16.4 Å². The molecule has 2 nitrogen and oxygen atoms in total. The molecule has 0 N–H and O–H groups in total. The van der Waals surface area contributed by atoms with Crippen LogP contribution >= 0.6 is 11.3 Å². The van der Waals surface area contributed by atoms with Gasteiger partial charge in [0.05, 0.1) is 5.41 Å². The molecule has 0 amide bonds. The summed E-state index contributed by atoms with van der Waals surface area (Å²) in [5.74, 6) is 0. The fourth-order valence-corrected chi connectivity index (χ4v) is 12.7. The molecule has 0 saturated carbocycles. The van der Waals surface area contributed by atoms with Crippen molar-refractivity contribution in [3.05, 3.63) is 283 Å². The first kappa shape index (κ1) is 40.3. The normalized spacial score (nSPS) is 12.7. The molecule has 0 unspecified atom stereocenters. The average molecular weight is 910 g/mol. The fraction of sp³-hybridized carbons (Fsp3) is 0.0149. The van der Waals surface area contributed by atoms with Crippen LogP contribution in [0.2, 0.25) is 0 Å². The molecule has 14 rings (SSSR count). The highest BCUT2D eigenvalue weighted by molar-refractivity contribution is 7.26. The Morgan fingerprint density at radius 3 is 1.64 bits per heavy atom. The molecule has 1 aliphatic carbocycles. The molecule has 0 saturated heterocycles. The molecule has 2 heterocycles. The Kier molecular flexibility index (Phi) is 9.33. The molecule has 0 spiro atoms. The minimum absolute atomic E-state index is 0.442. The van der Waals surface area contributed by atoms with E-state index < -0.39 is 5.41 Å². The van der Waals surface area contributed by atoms with Gasteiger partial charge in [0.25, 0.3) is 0 Å². The summed E-state index contributed by atoms with van der Waals surface area (Å²) >= 11 is 1.87. The van der Waals surface area contributed by atoms with Crippen LogP contribution in [0.5, 0.6) is 0 Å². The zero-order valence-corrected chi connectivity index (χ0v) is 38.9. The molecule has 11 aromatic carbocycles. The summed E-state index contributed by atoms with van der Waals surface area (Å²) in [4.78, 5) is 2.39. The molecular formula is C67H43NOS. The van der Waals surface area contributed by atoms with E-state index in [1.165, 1.54) is 70.2 Å². The fourth-order valence-electron chi connectivity index (χ4n) is 11.5. The highest BCUT2D eigenvalue weighted by atomic mass is 32.1. The maximum absolute atomic E-state index is 6.31. The number of fused-ring (bicyclic) bond motifs is 9. The number of furan rings is 1. The van der Waals surface area contributed by atoms with Gasteiger partial charge < -0.3 is 9.32 Å². The Morgan fingerprint density at radius 2 is 0.871 bits per heavy atom. The molecule has 0 aliphatic heterocycles. The second-order valence-electron chi connectivity index (χ2n) is 18.3. The number of hydrogen-bond donors (Lipinski definition) is 0. The second-order valence-corrected chi connectivity index (χ2v) is 19.4. The van der Waals surface area contributed by atoms with E-state index in [0.717, 1.165) is 55.7 Å². The summed E-state index contributed by atoms with van der Waals surface area (Å²) in [6.07, 6.45) is 0. The van der Waals surface area contributed by atoms with Gasteiger partial charge in [-0.1, -0.05) is 200 Å². The Labute approximate surface area is 410 Å². The SMILES string of the molecule is c1ccc(C2(c3ccccc3)c3ccccc3-c3cc(-c4cccc(N(c5ccc(-c6cccc7c6sc6ccccc67)cc5)c5ccc(-c6cccc7oc8ccccc8c67)cc5)c4)ccc32)cc1. The van der Waals surface area contributed by atoms with Gasteiger partial charge in [0.2, 0.25) is 0 Å². The van der Waals surface area contributed by atoms with Crippen molar-refractivity contribution in [3.8, 4) is 44.5 Å². The van der Waals surface area contributed by atoms with Gasteiger partial charge in [-0.05, 0) is 127 Å². The Morgan fingerprint density at radius 1 is 0.329 bits per heavy atom. The number of benzene rings is 11. The summed E-state index contributed by atoms with van der Waals surface area (Å²) in [7, 11) is 0. The molecule has 0 radical (unpaired) electrons. The Hall–Kier alpha value is -8.76. The van der Waals surface area contributed by atoms with Crippen molar-refractivity contribution >= 4 is 70.5 Å². The van der Waals surface area contributed by atoms with Gasteiger partial charge in [-0.15, -0.1) is 11.3 Å². The van der Waals surface area contributed by atoms with Gasteiger partial charge in [-0.25, -0.2) is 0 Å². The quantitative estimate of drug-likeness (QED) is 0.151. The predicted molar refractivity (Wildman–Crippen MR) is 295 cm³/mol. The molecular weight excluding hydrogens is 867 g/mol. The third-order valence-corrected chi connectivity index (χ3v) is 15.8. The minimum Gasteiger partial charge on any atom is -0.456 e. The van der Waals surface area contributed by atoms with Crippen molar-refractivity contribution in [3.63, 3.8) is 0 Å². The van der Waals surface area contributed by atoms with Crippen LogP contribution in [-0.4, -0.2) is 0 Å². The third-order valence-electron chi connectivity index (χ3n) is 14.6. The number of hydrogen-bond acceptors (Lipinski definition) is 3. The number of nitrogens with zero attached hydrogens (tertiary/aromatic N) is 1. The first-order chi connectivity index (χ1) is 34.7. The molecule has 2 aromatic heterocycles. The molecule has 70 heavy (non-hydrogen) atoms. The van der Waals surface area contributed by atoms with Crippen LogP contribution in [0.15, 0.2) is 265 Å². The summed E-state index contributed by atoms with van der Waals surface area (Å²) in [6, 6.07) is 95.5. The van der Waals surface area contributed by atoms with Crippen LogP contribution in [0.4, 0.5) is 17.1 Å². The second kappa shape index (κ2) is 16.2. The summed E-state index contributed by atoms with van der Waals surface area (Å²) < 4.78 is 8.94. The molecule has 0 fully saturated rings. The van der Waals surface area contributed by atoms with Gasteiger partial charge in [-0.2, -0.15) is 0 Å². The first-order valence-electron chi connectivity index (χ1n) is 24.0. The van der Waals surface area contributed by atoms with Crippen molar-refractivity contribution in [2.24, 2.45) is 0 Å². The van der Waals surface area contributed by atoms with Crippen molar-refractivity contribution in [2.75, 3.05) is 4.90 Å². The number of anilines is 3. The molecule has 1 aliphatic rings. The van der Waals surface area contributed by atoms with E-state index >= 15 is 0 Å². The molecule has 0 bridgehead atoms. The minimum atomic E-state index is -0.442. The lowest BCUT2D eigenvalue weighted by Gasteiger charge is -2.33. The monoisotopic (exact) mass is 909 g/mol. The van der Waals surface area contributed by atoms with Crippen LogP contribution < -0.4 is 4.90 Å². The van der Waals surface area contributed by atoms with Gasteiger partial charge in [0, 0.05) is 48.0 Å². The lowest BCUT2D eigenvalue weighted by atomic mass is 9.67. The van der Waals surface area contributed by atoms with Crippen molar-refractivity contribution in [1.82, 2.24) is 0 Å². The first-order valence-corrected chi connectivity index (χ1v) is 24.8. The van der Waals surface area contributed by atoms with E-state index in [4.69, 9.17) is 4.42 Å². The smallest absolute Gasteiger partial charge is 0.136 e. The predicted octanol–water partition coefficient (Wildman–Crippen LogP) is 18.8. The van der Waals surface area contributed by atoms with Crippen LogP contribution in [-0.2, 0) is 5.41 Å². The van der Waals surface area contributed by atoms with E-state index in [9.17, 15) is 0 Å². The zero-order chi connectivity index (χ0) is 46.2. The van der Waals surface area contributed by atoms with Gasteiger partial charge in [-0.3, -0.25) is 0 Å². The van der Waals surface area contributed by atoms with Crippen molar-refractivity contribution < 1.29 is 4.42 Å². The Balaban J connectivity index is 0.899. The van der Waals surface area contributed by atoms with E-state index in [1.807, 2.05) is 23.5 Å². The molecule has 0 atom stereocenters. The summed E-state index contributed by atoms with van der Waals surface area (Å²) in [5, 5.41) is 4.89. The Bertz CT molecular complexity index is 4070. The summed E-state index contributed by atoms with van der Waals surface area (Å²) in [6.45, 7) is 0. The average Bonchev–Trinajstić information content (AvgIpc) is 4.11. The van der Waals surface area contributed by atoms with E-state index in [2.05, 4.69) is 254 Å². The highest BCUT2D eigenvalue weighted by Crippen LogP contribution is 2.57. The van der Waals surface area contributed by atoms with Crippen molar-refractivity contribution in [1.29, 1.82) is 0 Å². The third kappa shape index (κ3) is 6.25. The highest BCUT2D eigenvalue weighted by Gasteiger charge is 2.46. The maximum atomic E-state index is 6.31.